The van der Waals surface area contributed by atoms with Crippen LogP contribution in [-0.4, -0.2) is 18.1 Å². The first-order valence-corrected chi connectivity index (χ1v) is 3.77. The predicted octanol–water partition coefficient (Wildman–Crippen LogP) is 0.998. The Bertz CT molecular complexity index is 261. The molecule has 1 aromatic heterocycles. The van der Waals surface area contributed by atoms with Gasteiger partial charge in [0.05, 0.1) is 13.5 Å². The lowest BCUT2D eigenvalue weighted by Crippen LogP contribution is -2.03. The van der Waals surface area contributed by atoms with E-state index in [0.29, 0.717) is 5.01 Å². The molecular weight excluding hydrogens is 169 g/mol. The highest BCUT2D eigenvalue weighted by atomic mass is 32.1. The third-order valence-electron chi connectivity index (χ3n) is 1.05. The van der Waals surface area contributed by atoms with E-state index in [0.717, 1.165) is 11.3 Å². The fourth-order valence-electron chi connectivity index (χ4n) is 0.565. The maximum atomic E-state index is 12.2. The van der Waals surface area contributed by atoms with Gasteiger partial charge in [-0.05, 0) is 0 Å². The second-order valence-electron chi connectivity index (χ2n) is 1.82. The first kappa shape index (κ1) is 8.13. The maximum Gasteiger partial charge on any atom is 0.312 e. The number of thiazole rings is 1. The van der Waals surface area contributed by atoms with E-state index >= 15 is 0 Å². The monoisotopic (exact) mass is 175 g/mol. The molecule has 0 saturated heterocycles. The summed E-state index contributed by atoms with van der Waals surface area (Å²) in [6.45, 7) is 0. The lowest BCUT2D eigenvalue weighted by molar-refractivity contribution is -0.139. The van der Waals surface area contributed by atoms with Gasteiger partial charge in [0.1, 0.15) is 5.01 Å². The number of carbonyl (C=O) groups is 1. The molecule has 0 atom stereocenters. The molecule has 0 unspecified atom stereocenters. The van der Waals surface area contributed by atoms with Crippen molar-refractivity contribution < 1.29 is 13.9 Å². The van der Waals surface area contributed by atoms with Crippen LogP contribution in [0.25, 0.3) is 0 Å². The van der Waals surface area contributed by atoms with Gasteiger partial charge >= 0.3 is 5.97 Å². The third-order valence-corrected chi connectivity index (χ3v) is 1.87. The number of esters is 1. The fraction of sp³-hybridized carbons (Fsp3) is 0.333. The molecule has 0 aliphatic heterocycles. The summed E-state index contributed by atoms with van der Waals surface area (Å²) in [6.07, 6.45) is 0.0467. The molecule has 0 saturated carbocycles. The first-order valence-electron chi connectivity index (χ1n) is 2.89. The smallest absolute Gasteiger partial charge is 0.312 e. The van der Waals surface area contributed by atoms with Crippen LogP contribution in [0.2, 0.25) is 0 Å². The fourth-order valence-corrected chi connectivity index (χ4v) is 1.19. The molecule has 1 heterocycles. The lowest BCUT2D eigenvalue weighted by atomic mass is 10.5. The zero-order chi connectivity index (χ0) is 8.27. The Hall–Kier alpha value is -0.970. The minimum Gasteiger partial charge on any atom is -0.469 e. The second-order valence-corrected chi connectivity index (χ2v) is 2.76. The maximum absolute atomic E-state index is 12.2. The van der Waals surface area contributed by atoms with Crippen LogP contribution in [0.4, 0.5) is 4.39 Å². The molecule has 0 N–H and O–H groups in total. The van der Waals surface area contributed by atoms with Gasteiger partial charge in [0.2, 0.25) is 5.95 Å². The quantitative estimate of drug-likeness (QED) is 0.629. The van der Waals surface area contributed by atoms with Crippen LogP contribution < -0.4 is 0 Å². The minimum atomic E-state index is -0.547. The summed E-state index contributed by atoms with van der Waals surface area (Å²) < 4.78 is 16.6. The number of hydrogen-bond donors (Lipinski definition) is 0. The van der Waals surface area contributed by atoms with Crippen LogP contribution in [0.15, 0.2) is 5.38 Å². The molecule has 0 radical (unpaired) electrons. The van der Waals surface area contributed by atoms with Crippen molar-refractivity contribution in [3.05, 3.63) is 16.3 Å². The number of rotatable bonds is 2. The Morgan fingerprint density at radius 1 is 1.91 bits per heavy atom. The summed E-state index contributed by atoms with van der Waals surface area (Å²) >= 11 is 1.11. The van der Waals surface area contributed by atoms with Crippen LogP contribution in [0, 0.1) is 5.95 Å². The van der Waals surface area contributed by atoms with Gasteiger partial charge < -0.3 is 4.74 Å². The van der Waals surface area contributed by atoms with Crippen LogP contribution in [0.3, 0.4) is 0 Å². The number of ether oxygens (including phenoxy) is 1. The van der Waals surface area contributed by atoms with Crippen LogP contribution in [0.1, 0.15) is 5.01 Å². The number of carbonyl (C=O) groups excluding carboxylic acids is 1. The van der Waals surface area contributed by atoms with Crippen molar-refractivity contribution in [2.75, 3.05) is 7.11 Å². The Labute approximate surface area is 66.8 Å². The summed E-state index contributed by atoms with van der Waals surface area (Å²) in [6, 6.07) is 0. The van der Waals surface area contributed by atoms with E-state index in [2.05, 4.69) is 9.72 Å². The lowest BCUT2D eigenvalue weighted by Gasteiger charge is -1.92. The molecule has 60 valence electrons. The number of aromatic nitrogens is 1. The van der Waals surface area contributed by atoms with Gasteiger partial charge in [-0.15, -0.1) is 11.3 Å². The van der Waals surface area contributed by atoms with Crippen molar-refractivity contribution >= 4 is 17.3 Å². The van der Waals surface area contributed by atoms with Crippen molar-refractivity contribution in [3.63, 3.8) is 0 Å². The van der Waals surface area contributed by atoms with Crippen molar-refractivity contribution in [2.24, 2.45) is 0 Å². The van der Waals surface area contributed by atoms with Gasteiger partial charge in [-0.1, -0.05) is 0 Å². The van der Waals surface area contributed by atoms with Gasteiger partial charge in [0.25, 0.3) is 0 Å². The average Bonchev–Trinajstić information content (AvgIpc) is 2.35. The molecule has 0 spiro atoms. The van der Waals surface area contributed by atoms with E-state index in [9.17, 15) is 9.18 Å². The molecule has 11 heavy (non-hydrogen) atoms. The van der Waals surface area contributed by atoms with Gasteiger partial charge in [0.15, 0.2) is 0 Å². The highest BCUT2D eigenvalue weighted by molar-refractivity contribution is 7.09. The van der Waals surface area contributed by atoms with Gasteiger partial charge in [-0.25, -0.2) is 4.98 Å². The molecule has 0 amide bonds. The highest BCUT2D eigenvalue weighted by Gasteiger charge is 2.06. The van der Waals surface area contributed by atoms with E-state index < -0.39 is 11.9 Å². The predicted molar refractivity (Wildman–Crippen MR) is 37.8 cm³/mol. The number of methoxy groups -OCH3 is 1. The third kappa shape index (κ3) is 2.27. The van der Waals surface area contributed by atoms with Crippen LogP contribution in [0.5, 0.6) is 0 Å². The van der Waals surface area contributed by atoms with E-state index in [-0.39, 0.29) is 6.42 Å². The Morgan fingerprint density at radius 3 is 3.09 bits per heavy atom. The standard InChI is InChI=1S/C6H6FNO2S/c1-10-6(9)2-5-8-4(7)3-11-5/h3H,2H2,1H3. The topological polar surface area (TPSA) is 39.2 Å². The van der Waals surface area contributed by atoms with Crippen LogP contribution in [-0.2, 0) is 16.0 Å². The van der Waals surface area contributed by atoms with Gasteiger partial charge in [-0.3, -0.25) is 4.79 Å². The largest absolute Gasteiger partial charge is 0.469 e. The van der Waals surface area contributed by atoms with Gasteiger partial charge in [-0.2, -0.15) is 4.39 Å². The molecule has 1 rings (SSSR count). The van der Waals surface area contributed by atoms with Gasteiger partial charge in [0, 0.05) is 5.38 Å². The molecular formula is C6H6FNO2S. The number of nitrogens with zero attached hydrogens (tertiary/aromatic N) is 1. The van der Waals surface area contributed by atoms with E-state index in [1.165, 1.54) is 12.5 Å². The van der Waals surface area contributed by atoms with Crippen molar-refractivity contribution in [1.29, 1.82) is 0 Å². The van der Waals surface area contributed by atoms with E-state index in [1.807, 2.05) is 0 Å². The summed E-state index contributed by atoms with van der Waals surface area (Å²) in [7, 11) is 1.28. The summed E-state index contributed by atoms with van der Waals surface area (Å²) in [5.41, 5.74) is 0. The number of halogens is 1. The highest BCUT2D eigenvalue weighted by Crippen LogP contribution is 2.08. The molecule has 0 aliphatic carbocycles. The molecule has 3 nitrogen and oxygen atoms in total. The normalized spacial score (nSPS) is 9.64. The van der Waals surface area contributed by atoms with Crippen LogP contribution >= 0.6 is 11.3 Å². The van der Waals surface area contributed by atoms with E-state index in [4.69, 9.17) is 0 Å². The van der Waals surface area contributed by atoms with Crippen molar-refractivity contribution in [3.8, 4) is 0 Å². The first-order chi connectivity index (χ1) is 5.22. The second kappa shape index (κ2) is 3.43. The van der Waals surface area contributed by atoms with Crippen molar-refractivity contribution in [2.45, 2.75) is 6.42 Å². The summed E-state index contributed by atoms with van der Waals surface area (Å²) in [4.78, 5) is 14.1. The Kier molecular flexibility index (Phi) is 2.53. The zero-order valence-electron chi connectivity index (χ0n) is 5.83. The molecule has 1 aromatic rings. The average molecular weight is 175 g/mol. The van der Waals surface area contributed by atoms with Crippen molar-refractivity contribution in [1.82, 2.24) is 4.98 Å². The Balaban J connectivity index is 2.57. The van der Waals surface area contributed by atoms with E-state index in [1.54, 1.807) is 0 Å². The molecule has 0 aliphatic rings. The minimum absolute atomic E-state index is 0.0467. The number of hydrogen-bond acceptors (Lipinski definition) is 4. The molecule has 0 bridgehead atoms. The summed E-state index contributed by atoms with van der Waals surface area (Å²) in [5.74, 6) is -0.951. The zero-order valence-corrected chi connectivity index (χ0v) is 6.65. The molecule has 0 fully saturated rings. The Morgan fingerprint density at radius 2 is 2.64 bits per heavy atom. The SMILES string of the molecule is COC(=O)Cc1nc(F)cs1. The molecule has 0 aromatic carbocycles. The summed E-state index contributed by atoms with van der Waals surface area (Å²) in [5, 5.41) is 1.69. The molecule has 5 heteroatoms.